The van der Waals surface area contributed by atoms with Crippen molar-refractivity contribution >= 4 is 21.4 Å². The summed E-state index contributed by atoms with van der Waals surface area (Å²) in [6.45, 7) is 3.18. The molecule has 0 bridgehead atoms. The first-order valence-electron chi connectivity index (χ1n) is 7.90. The van der Waals surface area contributed by atoms with Crippen molar-refractivity contribution in [2.24, 2.45) is 0 Å². The first-order chi connectivity index (χ1) is 10.9. The summed E-state index contributed by atoms with van der Waals surface area (Å²) in [5.74, 6) is -1.09. The molecule has 1 fully saturated rings. The van der Waals surface area contributed by atoms with Crippen LogP contribution in [0, 0.1) is 5.82 Å². The van der Waals surface area contributed by atoms with Gasteiger partial charge < -0.3 is 10.2 Å². The van der Waals surface area contributed by atoms with Gasteiger partial charge in [-0.05, 0) is 37.5 Å². The molecule has 7 heteroatoms. The smallest absolute Gasteiger partial charge is 0.235 e. The summed E-state index contributed by atoms with van der Waals surface area (Å²) in [6, 6.07) is 6.42. The number of sulfone groups is 1. The van der Waals surface area contributed by atoms with E-state index < -0.39 is 21.5 Å². The van der Waals surface area contributed by atoms with Crippen LogP contribution < -0.4 is 10.2 Å². The van der Waals surface area contributed by atoms with Gasteiger partial charge in [0, 0.05) is 24.8 Å². The number of hydrogen-bond donors (Lipinski definition) is 1. The van der Waals surface area contributed by atoms with Crippen molar-refractivity contribution in [3.63, 3.8) is 0 Å². The molecule has 0 aromatic heterocycles. The van der Waals surface area contributed by atoms with Crippen LogP contribution in [0.15, 0.2) is 24.3 Å². The fourth-order valence-corrected chi connectivity index (χ4v) is 4.06. The summed E-state index contributed by atoms with van der Waals surface area (Å²) in [5.41, 5.74) is 0.834. The lowest BCUT2D eigenvalue weighted by molar-refractivity contribution is -0.119. The molecule has 0 atom stereocenters. The highest BCUT2D eigenvalue weighted by atomic mass is 32.2. The molecule has 1 amide bonds. The average molecular weight is 342 g/mol. The van der Waals surface area contributed by atoms with Crippen LogP contribution >= 0.6 is 0 Å². The predicted molar refractivity (Wildman–Crippen MR) is 88.7 cm³/mol. The van der Waals surface area contributed by atoms with E-state index >= 15 is 0 Å². The molecule has 0 radical (unpaired) electrons. The number of carbonyl (C=O) groups is 1. The summed E-state index contributed by atoms with van der Waals surface area (Å²) in [7, 11) is -3.30. The number of anilines is 1. The first kappa shape index (κ1) is 17.7. The lowest BCUT2D eigenvalue weighted by atomic mass is 10.0. The van der Waals surface area contributed by atoms with Gasteiger partial charge >= 0.3 is 0 Å². The molecule has 1 N–H and O–H groups in total. The minimum absolute atomic E-state index is 0.0239. The van der Waals surface area contributed by atoms with Crippen LogP contribution in [-0.4, -0.2) is 45.0 Å². The Hall–Kier alpha value is -1.63. The maximum Gasteiger partial charge on any atom is 0.235 e. The van der Waals surface area contributed by atoms with E-state index in [1.54, 1.807) is 13.0 Å². The van der Waals surface area contributed by atoms with Crippen molar-refractivity contribution in [2.45, 2.75) is 32.2 Å². The van der Waals surface area contributed by atoms with Gasteiger partial charge in [0.15, 0.2) is 9.84 Å². The van der Waals surface area contributed by atoms with Crippen molar-refractivity contribution in [1.82, 2.24) is 5.32 Å². The Kier molecular flexibility index (Phi) is 5.98. The molecule has 5 nitrogen and oxygen atoms in total. The third kappa shape index (κ3) is 5.49. The van der Waals surface area contributed by atoms with Crippen molar-refractivity contribution in [1.29, 1.82) is 0 Å². The normalized spacial score (nSPS) is 16.3. The fraction of sp³-hybridized carbons (Fsp3) is 0.562. The SMILES string of the molecule is CCCS(=O)(=O)CC(=O)NC1CCN(c2cccc(F)c2)CC1. The number of rotatable bonds is 6. The zero-order chi connectivity index (χ0) is 16.9. The van der Waals surface area contributed by atoms with E-state index in [1.807, 2.05) is 6.07 Å². The van der Waals surface area contributed by atoms with E-state index in [1.165, 1.54) is 12.1 Å². The monoisotopic (exact) mass is 342 g/mol. The lowest BCUT2D eigenvalue weighted by Gasteiger charge is -2.34. The van der Waals surface area contributed by atoms with Crippen LogP contribution in [0.2, 0.25) is 0 Å². The topological polar surface area (TPSA) is 66.5 Å². The zero-order valence-electron chi connectivity index (χ0n) is 13.3. The van der Waals surface area contributed by atoms with Gasteiger partial charge in [0.05, 0.1) is 5.75 Å². The summed E-state index contributed by atoms with van der Waals surface area (Å²) < 4.78 is 36.5. The van der Waals surface area contributed by atoms with E-state index in [2.05, 4.69) is 10.2 Å². The van der Waals surface area contributed by atoms with Gasteiger partial charge in [-0.2, -0.15) is 0 Å². The highest BCUT2D eigenvalue weighted by Crippen LogP contribution is 2.20. The van der Waals surface area contributed by atoms with Crippen molar-refractivity contribution < 1.29 is 17.6 Å². The van der Waals surface area contributed by atoms with Crippen molar-refractivity contribution in [2.75, 3.05) is 29.5 Å². The molecule has 1 aromatic rings. The van der Waals surface area contributed by atoms with Crippen LogP contribution in [0.4, 0.5) is 10.1 Å². The molecule has 0 saturated carbocycles. The van der Waals surface area contributed by atoms with Crippen LogP contribution in [0.25, 0.3) is 0 Å². The number of nitrogens with one attached hydrogen (secondary N) is 1. The van der Waals surface area contributed by atoms with Crippen LogP contribution in [0.1, 0.15) is 26.2 Å². The van der Waals surface area contributed by atoms with E-state index in [0.29, 0.717) is 19.5 Å². The fourth-order valence-electron chi connectivity index (χ4n) is 2.81. The highest BCUT2D eigenvalue weighted by molar-refractivity contribution is 7.92. The van der Waals surface area contributed by atoms with Crippen molar-refractivity contribution in [3.05, 3.63) is 30.1 Å². The molecule has 0 spiro atoms. The molecule has 2 rings (SSSR count). The maximum atomic E-state index is 13.3. The molecular formula is C16H23FN2O3S. The van der Waals surface area contributed by atoms with Crippen LogP contribution in [0.3, 0.4) is 0 Å². The Morgan fingerprint density at radius 2 is 2.04 bits per heavy atom. The Morgan fingerprint density at radius 1 is 1.35 bits per heavy atom. The molecule has 0 aliphatic carbocycles. The number of benzene rings is 1. The minimum atomic E-state index is -3.30. The predicted octanol–water partition coefficient (Wildman–Crippen LogP) is 1.74. The van der Waals surface area contributed by atoms with Gasteiger partial charge in [0.1, 0.15) is 11.6 Å². The third-order valence-electron chi connectivity index (χ3n) is 3.90. The van der Waals surface area contributed by atoms with E-state index in [-0.39, 0.29) is 17.6 Å². The van der Waals surface area contributed by atoms with Gasteiger partial charge in [0.2, 0.25) is 5.91 Å². The number of nitrogens with zero attached hydrogens (tertiary/aromatic N) is 1. The molecular weight excluding hydrogens is 319 g/mol. The lowest BCUT2D eigenvalue weighted by Crippen LogP contribution is -2.46. The second-order valence-corrected chi connectivity index (χ2v) is 8.08. The van der Waals surface area contributed by atoms with Gasteiger partial charge in [-0.15, -0.1) is 0 Å². The molecule has 1 aliphatic heterocycles. The molecule has 128 valence electrons. The zero-order valence-corrected chi connectivity index (χ0v) is 14.1. The summed E-state index contributed by atoms with van der Waals surface area (Å²) in [6.07, 6.45) is 1.95. The quantitative estimate of drug-likeness (QED) is 0.855. The Balaban J connectivity index is 1.82. The number of piperidine rings is 1. The maximum absolute atomic E-state index is 13.3. The minimum Gasteiger partial charge on any atom is -0.371 e. The number of halogens is 1. The molecule has 0 unspecified atom stereocenters. The van der Waals surface area contributed by atoms with E-state index in [9.17, 15) is 17.6 Å². The molecule has 1 aromatic carbocycles. The van der Waals surface area contributed by atoms with Gasteiger partial charge in [0.25, 0.3) is 0 Å². The molecule has 23 heavy (non-hydrogen) atoms. The number of amides is 1. The third-order valence-corrected chi connectivity index (χ3v) is 5.63. The highest BCUT2D eigenvalue weighted by Gasteiger charge is 2.23. The average Bonchev–Trinajstić information content (AvgIpc) is 2.47. The molecule has 1 saturated heterocycles. The van der Waals surface area contributed by atoms with Crippen LogP contribution in [-0.2, 0) is 14.6 Å². The van der Waals surface area contributed by atoms with E-state index in [0.717, 1.165) is 18.5 Å². The standard InChI is InChI=1S/C16H23FN2O3S/c1-2-10-23(21,22)12-16(20)18-14-6-8-19(9-7-14)15-5-3-4-13(17)11-15/h3-5,11,14H,2,6-10,12H2,1H3,(H,18,20). The van der Waals surface area contributed by atoms with Crippen LogP contribution in [0.5, 0.6) is 0 Å². The summed E-state index contributed by atoms with van der Waals surface area (Å²) >= 11 is 0. The summed E-state index contributed by atoms with van der Waals surface area (Å²) in [4.78, 5) is 13.9. The van der Waals surface area contributed by atoms with Crippen molar-refractivity contribution in [3.8, 4) is 0 Å². The number of carbonyl (C=O) groups excluding carboxylic acids is 1. The summed E-state index contributed by atoms with van der Waals surface area (Å²) in [5, 5.41) is 2.80. The first-order valence-corrected chi connectivity index (χ1v) is 9.72. The Labute approximate surface area is 136 Å². The van der Waals surface area contributed by atoms with Gasteiger partial charge in [-0.3, -0.25) is 4.79 Å². The second kappa shape index (κ2) is 7.77. The van der Waals surface area contributed by atoms with E-state index in [4.69, 9.17) is 0 Å². The number of hydrogen-bond acceptors (Lipinski definition) is 4. The molecule has 1 heterocycles. The second-order valence-electron chi connectivity index (χ2n) is 5.90. The Bertz CT molecular complexity index is 640. The Morgan fingerprint density at radius 3 is 2.65 bits per heavy atom. The largest absolute Gasteiger partial charge is 0.371 e. The van der Waals surface area contributed by atoms with Gasteiger partial charge in [-0.1, -0.05) is 13.0 Å². The molecule has 1 aliphatic rings. The van der Waals surface area contributed by atoms with Gasteiger partial charge in [-0.25, -0.2) is 12.8 Å².